The Labute approximate surface area is 160 Å². The zero-order valence-corrected chi connectivity index (χ0v) is 15.4. The summed E-state index contributed by atoms with van der Waals surface area (Å²) in [5, 5.41) is 12.4. The monoisotopic (exact) mass is 421 g/mol. The Morgan fingerprint density at radius 1 is 1.18 bits per heavy atom. The number of carbonyl (C=O) groups is 1. The number of rotatable bonds is 5. The van der Waals surface area contributed by atoms with Gasteiger partial charge in [0, 0.05) is 18.0 Å². The van der Waals surface area contributed by atoms with Gasteiger partial charge in [-0.3, -0.25) is 9.69 Å². The Balaban J connectivity index is 2.01. The molecule has 1 aromatic heterocycles. The molecule has 1 atom stereocenters. The normalized spacial score (nSPS) is 15.4. The summed E-state index contributed by atoms with van der Waals surface area (Å²) < 4.78 is 67.8. The molecule has 1 aromatic carbocycles. The molecule has 28 heavy (non-hydrogen) atoms. The van der Waals surface area contributed by atoms with Gasteiger partial charge in [0.05, 0.1) is 11.1 Å². The van der Waals surface area contributed by atoms with Crippen molar-refractivity contribution in [3.63, 3.8) is 0 Å². The highest BCUT2D eigenvalue weighted by Gasteiger charge is 2.32. The predicted octanol–water partition coefficient (Wildman–Crippen LogP) is 3.02. The molecule has 0 spiro atoms. The van der Waals surface area contributed by atoms with Crippen molar-refractivity contribution in [3.8, 4) is 0 Å². The fourth-order valence-electron chi connectivity index (χ4n) is 3.15. The first-order valence-corrected chi connectivity index (χ1v) is 9.11. The molecule has 1 aliphatic rings. The van der Waals surface area contributed by atoms with Crippen molar-refractivity contribution in [1.29, 1.82) is 0 Å². The van der Waals surface area contributed by atoms with Gasteiger partial charge >= 0.3 is 0 Å². The molecular weight excluding hydrogens is 405 g/mol. The number of hydrogen-bond donors (Lipinski definition) is 3. The fourth-order valence-corrected chi connectivity index (χ4v) is 4.46. The summed E-state index contributed by atoms with van der Waals surface area (Å²) in [5.74, 6) is -11.8. The number of anilines is 1. The minimum absolute atomic E-state index is 0.00638. The number of aliphatic hydroxyl groups excluding tert-OH is 1. The second kappa shape index (κ2) is 7.64. The molecule has 1 unspecified atom stereocenters. The molecule has 0 saturated carbocycles. The highest BCUT2D eigenvalue weighted by Crippen LogP contribution is 2.39. The molecule has 0 radical (unpaired) electrons. The van der Waals surface area contributed by atoms with Crippen LogP contribution in [0.5, 0.6) is 0 Å². The molecule has 0 fully saturated rings. The number of fused-ring (bicyclic) bond motifs is 1. The van der Waals surface area contributed by atoms with Gasteiger partial charge in [0.2, 0.25) is 5.82 Å². The first-order valence-electron chi connectivity index (χ1n) is 8.29. The van der Waals surface area contributed by atoms with Crippen LogP contribution in [0.1, 0.15) is 39.5 Å². The van der Waals surface area contributed by atoms with Gasteiger partial charge in [-0.1, -0.05) is 6.92 Å². The fraction of sp³-hybridized carbons (Fsp3) is 0.353. The van der Waals surface area contributed by atoms with E-state index in [9.17, 15) is 31.9 Å². The largest absolute Gasteiger partial charge is 0.369 e. The second-order valence-electron chi connectivity index (χ2n) is 6.22. The Morgan fingerprint density at radius 2 is 1.75 bits per heavy atom. The first-order chi connectivity index (χ1) is 13.2. The number of nitrogens with zero attached hydrogens (tertiary/aromatic N) is 1. The van der Waals surface area contributed by atoms with Crippen LogP contribution in [0.15, 0.2) is 0 Å². The highest BCUT2D eigenvalue weighted by atomic mass is 32.1. The molecule has 0 saturated heterocycles. The number of aliphatic hydroxyl groups is 1. The van der Waals surface area contributed by atoms with Crippen LogP contribution in [-0.4, -0.2) is 29.0 Å². The summed E-state index contributed by atoms with van der Waals surface area (Å²) in [6.07, 6.45) is -1.79. The third-order valence-electron chi connectivity index (χ3n) is 4.61. The molecule has 3 rings (SSSR count). The molecule has 4 N–H and O–H groups in total. The van der Waals surface area contributed by atoms with Crippen LogP contribution >= 0.6 is 11.3 Å². The number of amides is 1. The molecule has 0 aliphatic carbocycles. The zero-order chi connectivity index (χ0) is 20.7. The number of nitrogens with one attached hydrogen (secondary N) is 1. The third kappa shape index (κ3) is 3.33. The van der Waals surface area contributed by atoms with E-state index in [1.54, 1.807) is 0 Å². The summed E-state index contributed by atoms with van der Waals surface area (Å²) in [5.41, 5.74) is 4.66. The molecular formula is C17H16F5N3O2S. The van der Waals surface area contributed by atoms with Gasteiger partial charge in [0.25, 0.3) is 5.91 Å². The predicted molar refractivity (Wildman–Crippen MR) is 92.3 cm³/mol. The highest BCUT2D eigenvalue weighted by molar-refractivity contribution is 7.16. The molecule has 5 nitrogen and oxygen atoms in total. The number of carbonyl (C=O) groups excluding carboxylic acids is 1. The van der Waals surface area contributed by atoms with E-state index in [-0.39, 0.29) is 10.6 Å². The average Bonchev–Trinajstić information content (AvgIpc) is 3.01. The smallest absolute Gasteiger partial charge is 0.251 e. The number of nitrogens with two attached hydrogens (primary N) is 1. The third-order valence-corrected chi connectivity index (χ3v) is 5.76. The number of likely N-dealkylation sites (N-methyl/N-ethyl adjacent to an activating group) is 1. The van der Waals surface area contributed by atoms with Gasteiger partial charge < -0.3 is 16.2 Å². The van der Waals surface area contributed by atoms with E-state index in [0.29, 0.717) is 25.1 Å². The maximum Gasteiger partial charge on any atom is 0.251 e. The zero-order valence-electron chi connectivity index (χ0n) is 14.6. The minimum Gasteiger partial charge on any atom is -0.369 e. The SMILES string of the molecule is CCN1CCc2c(sc(NC(O)c3c(F)c(F)c(F)c(F)c3F)c2C(N)=O)C1. The van der Waals surface area contributed by atoms with Gasteiger partial charge in [0.15, 0.2) is 29.5 Å². The van der Waals surface area contributed by atoms with Gasteiger partial charge in [-0.05, 0) is 18.5 Å². The molecule has 2 heterocycles. The lowest BCUT2D eigenvalue weighted by molar-refractivity contribution is 0.0999. The van der Waals surface area contributed by atoms with E-state index in [2.05, 4.69) is 10.2 Å². The molecule has 2 aromatic rings. The topological polar surface area (TPSA) is 78.6 Å². The Hall–Kier alpha value is -2.24. The van der Waals surface area contributed by atoms with Crippen LogP contribution < -0.4 is 11.1 Å². The summed E-state index contributed by atoms with van der Waals surface area (Å²) in [7, 11) is 0. The average molecular weight is 421 g/mol. The van der Waals surface area contributed by atoms with Crippen molar-refractivity contribution in [3.05, 3.63) is 50.7 Å². The summed E-state index contributed by atoms with van der Waals surface area (Å²) in [4.78, 5) is 14.7. The van der Waals surface area contributed by atoms with Crippen molar-refractivity contribution in [2.75, 3.05) is 18.4 Å². The quantitative estimate of drug-likeness (QED) is 0.300. The Bertz CT molecular complexity index is 921. The van der Waals surface area contributed by atoms with Gasteiger partial charge in [-0.25, -0.2) is 22.0 Å². The second-order valence-corrected chi connectivity index (χ2v) is 7.33. The molecule has 152 valence electrons. The first kappa shape index (κ1) is 20.5. The van der Waals surface area contributed by atoms with Crippen LogP contribution in [0.25, 0.3) is 0 Å². The van der Waals surface area contributed by atoms with Crippen LogP contribution in [0.2, 0.25) is 0 Å². The number of thiophene rings is 1. The standard InChI is InChI=1S/C17H16F5N3O2S/c1-2-25-4-3-6-7(5-25)28-17(8(6)15(23)26)24-16(27)9-10(18)12(20)14(22)13(21)11(9)19/h16,24,27H,2-5H2,1H3,(H2,23,26). The minimum atomic E-state index is -2.32. The number of halogens is 5. The van der Waals surface area contributed by atoms with Crippen LogP contribution in [0.3, 0.4) is 0 Å². The van der Waals surface area contributed by atoms with E-state index in [0.717, 1.165) is 22.8 Å². The van der Waals surface area contributed by atoms with Crippen molar-refractivity contribution in [1.82, 2.24) is 4.90 Å². The number of hydrogen-bond acceptors (Lipinski definition) is 5. The summed E-state index contributed by atoms with van der Waals surface area (Å²) in [6, 6.07) is 0. The lowest BCUT2D eigenvalue weighted by atomic mass is 10.0. The number of benzene rings is 1. The van der Waals surface area contributed by atoms with Crippen LogP contribution in [0.4, 0.5) is 27.0 Å². The number of primary amides is 1. The summed E-state index contributed by atoms with van der Waals surface area (Å²) in [6.45, 7) is 3.90. The van der Waals surface area contributed by atoms with Crippen molar-refractivity contribution in [2.24, 2.45) is 5.73 Å². The molecule has 11 heteroatoms. The summed E-state index contributed by atoms with van der Waals surface area (Å²) >= 11 is 1.04. The lowest BCUT2D eigenvalue weighted by Gasteiger charge is -2.25. The van der Waals surface area contributed by atoms with E-state index in [1.165, 1.54) is 0 Å². The van der Waals surface area contributed by atoms with E-state index >= 15 is 0 Å². The van der Waals surface area contributed by atoms with Crippen molar-refractivity contribution >= 4 is 22.2 Å². The lowest BCUT2D eigenvalue weighted by Crippen LogP contribution is -2.30. The van der Waals surface area contributed by atoms with E-state index in [1.807, 2.05) is 6.92 Å². The molecule has 1 amide bonds. The van der Waals surface area contributed by atoms with E-state index < -0.39 is 46.8 Å². The maximum atomic E-state index is 13.9. The van der Waals surface area contributed by atoms with Crippen LogP contribution in [-0.2, 0) is 13.0 Å². The van der Waals surface area contributed by atoms with Gasteiger partial charge in [-0.15, -0.1) is 11.3 Å². The molecule has 0 bridgehead atoms. The molecule has 1 aliphatic heterocycles. The van der Waals surface area contributed by atoms with Gasteiger partial charge in [0.1, 0.15) is 5.00 Å². The van der Waals surface area contributed by atoms with Gasteiger partial charge in [-0.2, -0.15) is 0 Å². The maximum absolute atomic E-state index is 13.9. The van der Waals surface area contributed by atoms with Crippen LogP contribution in [0, 0.1) is 29.1 Å². The van der Waals surface area contributed by atoms with E-state index in [4.69, 9.17) is 5.73 Å². The van der Waals surface area contributed by atoms with Crippen molar-refractivity contribution < 1.29 is 31.9 Å². The Kier molecular flexibility index (Phi) is 5.60. The van der Waals surface area contributed by atoms with Crippen molar-refractivity contribution in [2.45, 2.75) is 26.1 Å². The Morgan fingerprint density at radius 3 is 2.29 bits per heavy atom.